The zero-order chi connectivity index (χ0) is 14.7. The predicted molar refractivity (Wildman–Crippen MR) is 84.8 cm³/mol. The van der Waals surface area contributed by atoms with Gasteiger partial charge >= 0.3 is 0 Å². The van der Waals surface area contributed by atoms with Gasteiger partial charge in [0.2, 0.25) is 0 Å². The lowest BCUT2D eigenvalue weighted by atomic mass is 10.0. The van der Waals surface area contributed by atoms with E-state index >= 15 is 0 Å². The minimum atomic E-state index is 0.140. The van der Waals surface area contributed by atoms with E-state index in [4.69, 9.17) is 4.74 Å². The number of nitrogens with zero attached hydrogens (tertiary/aromatic N) is 1. The Labute approximate surface area is 125 Å². The molecule has 108 valence electrons. The highest BCUT2D eigenvalue weighted by Crippen LogP contribution is 2.35. The van der Waals surface area contributed by atoms with Gasteiger partial charge < -0.3 is 10.1 Å². The maximum Gasteiger partial charge on any atom is 0.124 e. The molecule has 1 unspecified atom stereocenters. The molecular formula is C16H22N2OS. The van der Waals surface area contributed by atoms with Crippen LogP contribution in [-0.2, 0) is 0 Å². The van der Waals surface area contributed by atoms with Crippen molar-refractivity contribution in [3.63, 3.8) is 0 Å². The van der Waals surface area contributed by atoms with Crippen LogP contribution in [0.1, 0.15) is 39.7 Å². The van der Waals surface area contributed by atoms with Crippen LogP contribution in [-0.4, -0.2) is 18.6 Å². The van der Waals surface area contributed by atoms with E-state index in [9.17, 15) is 0 Å². The second kappa shape index (κ2) is 6.37. The van der Waals surface area contributed by atoms with Gasteiger partial charge in [-0.1, -0.05) is 24.6 Å². The van der Waals surface area contributed by atoms with Crippen LogP contribution in [0.25, 0.3) is 0 Å². The standard InChI is InChI=1S/C16H22N2OS/c1-6-17-15(16-11(3)18-12(4)20-16)13-9-10(2)7-8-14(13)19-5/h7-9,15,17H,6H2,1-5H3. The summed E-state index contributed by atoms with van der Waals surface area (Å²) in [5.41, 5.74) is 3.52. The van der Waals surface area contributed by atoms with E-state index in [1.165, 1.54) is 16.0 Å². The van der Waals surface area contributed by atoms with Gasteiger partial charge in [-0.15, -0.1) is 11.3 Å². The van der Waals surface area contributed by atoms with Crippen molar-refractivity contribution in [2.24, 2.45) is 0 Å². The zero-order valence-electron chi connectivity index (χ0n) is 12.8. The molecule has 1 N–H and O–H groups in total. The van der Waals surface area contributed by atoms with E-state index in [1.807, 2.05) is 6.07 Å². The van der Waals surface area contributed by atoms with Gasteiger partial charge in [-0.25, -0.2) is 4.98 Å². The number of nitrogens with one attached hydrogen (secondary N) is 1. The molecule has 1 heterocycles. The van der Waals surface area contributed by atoms with Crippen molar-refractivity contribution in [2.75, 3.05) is 13.7 Å². The molecule has 0 amide bonds. The van der Waals surface area contributed by atoms with Crippen molar-refractivity contribution in [3.05, 3.63) is 44.9 Å². The Balaban J connectivity index is 2.53. The fourth-order valence-electron chi connectivity index (χ4n) is 2.44. The molecule has 1 atom stereocenters. The van der Waals surface area contributed by atoms with Crippen LogP contribution in [0.3, 0.4) is 0 Å². The summed E-state index contributed by atoms with van der Waals surface area (Å²) >= 11 is 1.75. The molecule has 1 aromatic carbocycles. The van der Waals surface area contributed by atoms with E-state index in [0.29, 0.717) is 0 Å². The fraction of sp³-hybridized carbons (Fsp3) is 0.438. The highest BCUT2D eigenvalue weighted by atomic mass is 32.1. The number of hydrogen-bond acceptors (Lipinski definition) is 4. The summed E-state index contributed by atoms with van der Waals surface area (Å²) in [4.78, 5) is 5.83. The van der Waals surface area contributed by atoms with Crippen LogP contribution in [0.5, 0.6) is 5.75 Å². The molecule has 0 fully saturated rings. The molecule has 0 aliphatic carbocycles. The molecule has 0 saturated heterocycles. The molecule has 3 nitrogen and oxygen atoms in total. The molecule has 2 rings (SSSR count). The van der Waals surface area contributed by atoms with Gasteiger partial charge in [0, 0.05) is 10.4 Å². The highest BCUT2D eigenvalue weighted by molar-refractivity contribution is 7.11. The normalized spacial score (nSPS) is 12.4. The lowest BCUT2D eigenvalue weighted by Gasteiger charge is -2.20. The van der Waals surface area contributed by atoms with Gasteiger partial charge in [-0.05, 0) is 33.4 Å². The van der Waals surface area contributed by atoms with E-state index in [2.05, 4.69) is 50.1 Å². The zero-order valence-corrected chi connectivity index (χ0v) is 13.6. The number of benzene rings is 1. The Morgan fingerprint density at radius 2 is 2.05 bits per heavy atom. The Morgan fingerprint density at radius 3 is 2.60 bits per heavy atom. The van der Waals surface area contributed by atoms with Gasteiger partial charge in [-0.2, -0.15) is 0 Å². The SMILES string of the molecule is CCNC(c1cc(C)ccc1OC)c1sc(C)nc1C. The summed E-state index contributed by atoms with van der Waals surface area (Å²) in [6, 6.07) is 6.45. The lowest BCUT2D eigenvalue weighted by Crippen LogP contribution is -2.22. The van der Waals surface area contributed by atoms with Crippen LogP contribution in [0.4, 0.5) is 0 Å². The summed E-state index contributed by atoms with van der Waals surface area (Å²) in [7, 11) is 1.72. The van der Waals surface area contributed by atoms with Gasteiger partial charge in [0.15, 0.2) is 0 Å². The first-order chi connectivity index (χ1) is 9.56. The van der Waals surface area contributed by atoms with E-state index < -0.39 is 0 Å². The highest BCUT2D eigenvalue weighted by Gasteiger charge is 2.22. The number of ether oxygens (including phenoxy) is 1. The van der Waals surface area contributed by atoms with Crippen LogP contribution >= 0.6 is 11.3 Å². The molecule has 0 bridgehead atoms. The molecule has 0 saturated carbocycles. The van der Waals surface area contributed by atoms with Gasteiger partial charge in [0.1, 0.15) is 5.75 Å². The van der Waals surface area contributed by atoms with Crippen molar-refractivity contribution < 1.29 is 4.74 Å². The lowest BCUT2D eigenvalue weighted by molar-refractivity contribution is 0.404. The van der Waals surface area contributed by atoms with Crippen molar-refractivity contribution in [1.82, 2.24) is 10.3 Å². The quantitative estimate of drug-likeness (QED) is 0.910. The first-order valence-corrected chi connectivity index (χ1v) is 7.70. The summed E-state index contributed by atoms with van der Waals surface area (Å²) in [6.45, 7) is 9.26. The third kappa shape index (κ3) is 3.02. The maximum absolute atomic E-state index is 5.54. The second-order valence-corrected chi connectivity index (χ2v) is 6.15. The molecule has 4 heteroatoms. The molecule has 0 spiro atoms. The maximum atomic E-state index is 5.54. The summed E-state index contributed by atoms with van der Waals surface area (Å²) in [5, 5.41) is 4.67. The van der Waals surface area contributed by atoms with Gasteiger partial charge in [-0.3, -0.25) is 0 Å². The largest absolute Gasteiger partial charge is 0.496 e. The molecule has 0 aliphatic rings. The molecule has 1 aromatic heterocycles. The first-order valence-electron chi connectivity index (χ1n) is 6.88. The smallest absolute Gasteiger partial charge is 0.124 e. The van der Waals surface area contributed by atoms with E-state index in [-0.39, 0.29) is 6.04 Å². The van der Waals surface area contributed by atoms with Crippen molar-refractivity contribution in [3.8, 4) is 5.75 Å². The minimum absolute atomic E-state index is 0.140. The average Bonchev–Trinajstić information content (AvgIpc) is 2.75. The van der Waals surface area contributed by atoms with Gasteiger partial charge in [0.25, 0.3) is 0 Å². The third-order valence-electron chi connectivity index (χ3n) is 3.31. The third-order valence-corrected chi connectivity index (χ3v) is 4.44. The van der Waals surface area contributed by atoms with Crippen molar-refractivity contribution >= 4 is 11.3 Å². The van der Waals surface area contributed by atoms with E-state index in [0.717, 1.165) is 23.0 Å². The summed E-state index contributed by atoms with van der Waals surface area (Å²) in [6.07, 6.45) is 0. The monoisotopic (exact) mass is 290 g/mol. The molecular weight excluding hydrogens is 268 g/mol. The van der Waals surface area contributed by atoms with Crippen LogP contribution in [0, 0.1) is 20.8 Å². The molecule has 0 radical (unpaired) electrons. The number of thiazole rings is 1. The molecule has 0 aliphatic heterocycles. The van der Waals surface area contributed by atoms with Crippen LogP contribution < -0.4 is 10.1 Å². The minimum Gasteiger partial charge on any atom is -0.496 e. The van der Waals surface area contributed by atoms with Crippen molar-refractivity contribution in [1.29, 1.82) is 0 Å². The Kier molecular flexibility index (Phi) is 4.78. The number of aromatic nitrogens is 1. The fourth-order valence-corrected chi connectivity index (χ4v) is 3.46. The van der Waals surface area contributed by atoms with Crippen LogP contribution in [0.15, 0.2) is 18.2 Å². The Morgan fingerprint density at radius 1 is 1.30 bits per heavy atom. The van der Waals surface area contributed by atoms with Gasteiger partial charge in [0.05, 0.1) is 23.9 Å². The topological polar surface area (TPSA) is 34.1 Å². The molecule has 2 aromatic rings. The summed E-state index contributed by atoms with van der Waals surface area (Å²) < 4.78 is 5.54. The Hall–Kier alpha value is -1.39. The molecule has 20 heavy (non-hydrogen) atoms. The van der Waals surface area contributed by atoms with Crippen LogP contribution in [0.2, 0.25) is 0 Å². The predicted octanol–water partition coefficient (Wildman–Crippen LogP) is 3.78. The average molecular weight is 290 g/mol. The summed E-state index contributed by atoms with van der Waals surface area (Å²) in [5.74, 6) is 0.923. The first kappa shape index (κ1) is 15.0. The second-order valence-electron chi connectivity index (χ2n) is 4.92. The number of methoxy groups -OCH3 is 1. The Bertz CT molecular complexity index is 592. The number of rotatable bonds is 5. The number of aryl methyl sites for hydroxylation is 3. The number of hydrogen-bond donors (Lipinski definition) is 1. The van der Waals surface area contributed by atoms with Crippen molar-refractivity contribution in [2.45, 2.75) is 33.7 Å². The van der Waals surface area contributed by atoms with E-state index in [1.54, 1.807) is 18.4 Å².